The maximum absolute atomic E-state index is 12.6. The van der Waals surface area contributed by atoms with Gasteiger partial charge in [-0.25, -0.2) is 0 Å². The molecule has 0 atom stereocenters. The molecule has 1 aromatic carbocycles. The predicted octanol–water partition coefficient (Wildman–Crippen LogP) is 2.44. The summed E-state index contributed by atoms with van der Waals surface area (Å²) in [4.78, 5) is 25.7. The Kier molecular flexibility index (Phi) is 6.00. The second-order valence-electron chi connectivity index (χ2n) is 6.69. The number of amides is 2. The molecule has 0 spiro atoms. The number of hydrogen-bond acceptors (Lipinski definition) is 8. The maximum atomic E-state index is 12.6. The smallest absolute Gasteiger partial charge is 0.251 e. The van der Waals surface area contributed by atoms with Crippen molar-refractivity contribution in [2.75, 3.05) is 18.2 Å². The number of thiophene rings is 1. The van der Waals surface area contributed by atoms with Crippen molar-refractivity contribution < 1.29 is 14.3 Å². The highest BCUT2D eigenvalue weighted by molar-refractivity contribution is 7.99. The third-order valence-corrected chi connectivity index (χ3v) is 6.89. The summed E-state index contributed by atoms with van der Waals surface area (Å²) in [7, 11) is 1.60. The monoisotopic (exact) mass is 444 g/mol. The molecule has 0 aliphatic heterocycles. The summed E-state index contributed by atoms with van der Waals surface area (Å²) in [5.74, 6) is 0.0765. The zero-order valence-corrected chi connectivity index (χ0v) is 17.9. The quantitative estimate of drug-likeness (QED) is 0.536. The van der Waals surface area contributed by atoms with E-state index in [4.69, 9.17) is 10.5 Å². The third-order valence-electron chi connectivity index (χ3n) is 4.76. The van der Waals surface area contributed by atoms with Gasteiger partial charge in [0.25, 0.3) is 5.91 Å². The van der Waals surface area contributed by atoms with Crippen molar-refractivity contribution in [3.8, 4) is 11.4 Å². The first-order valence-electron chi connectivity index (χ1n) is 9.36. The van der Waals surface area contributed by atoms with Gasteiger partial charge >= 0.3 is 0 Å². The lowest BCUT2D eigenvalue weighted by Gasteiger charge is -2.11. The fourth-order valence-corrected chi connectivity index (χ4v) is 5.36. The Balaban J connectivity index is 1.45. The number of hydrogen-bond donors (Lipinski definition) is 2. The SMILES string of the molecule is COc1ccc(-n2nnnc2SCC(=O)Nc2sc3c(c2C(N)=O)CCCC3)cc1. The number of methoxy groups -OCH3 is 1. The zero-order chi connectivity index (χ0) is 21.1. The molecular formula is C19H20N6O3S2. The number of carbonyl (C=O) groups excluding carboxylic acids is 2. The molecule has 9 nitrogen and oxygen atoms in total. The maximum Gasteiger partial charge on any atom is 0.251 e. The van der Waals surface area contributed by atoms with Crippen LogP contribution in [0.2, 0.25) is 0 Å². The zero-order valence-electron chi connectivity index (χ0n) is 16.3. The number of ether oxygens (including phenoxy) is 1. The van der Waals surface area contributed by atoms with Gasteiger partial charge in [-0.1, -0.05) is 11.8 Å². The summed E-state index contributed by atoms with van der Waals surface area (Å²) in [6.07, 6.45) is 3.86. The normalized spacial score (nSPS) is 13.0. The number of benzene rings is 1. The molecule has 0 saturated heterocycles. The van der Waals surface area contributed by atoms with Gasteiger partial charge in [0.15, 0.2) is 0 Å². The Hall–Kier alpha value is -2.92. The number of aromatic nitrogens is 4. The minimum absolute atomic E-state index is 0.0945. The molecule has 1 aliphatic rings. The highest BCUT2D eigenvalue weighted by atomic mass is 32.2. The van der Waals surface area contributed by atoms with Crippen molar-refractivity contribution in [1.82, 2.24) is 20.2 Å². The van der Waals surface area contributed by atoms with Crippen LogP contribution in [0.15, 0.2) is 29.4 Å². The Morgan fingerprint density at radius 2 is 2.03 bits per heavy atom. The molecule has 30 heavy (non-hydrogen) atoms. The van der Waals surface area contributed by atoms with Gasteiger partial charge in [0.2, 0.25) is 11.1 Å². The second-order valence-corrected chi connectivity index (χ2v) is 8.74. The standard InChI is InChI=1S/C19H20N6O3S2/c1-28-12-8-6-11(7-9-12)25-19(22-23-24-25)29-10-15(26)21-18-16(17(20)27)13-4-2-3-5-14(13)30-18/h6-9H,2-5,10H2,1H3,(H2,20,27)(H,21,26). The van der Waals surface area contributed by atoms with Crippen LogP contribution in [-0.2, 0) is 17.6 Å². The van der Waals surface area contributed by atoms with Gasteiger partial charge in [0.05, 0.1) is 24.1 Å². The molecule has 3 aromatic rings. The Bertz CT molecular complexity index is 1080. The summed E-state index contributed by atoms with van der Waals surface area (Å²) in [5, 5.41) is 15.6. The van der Waals surface area contributed by atoms with Gasteiger partial charge in [0.1, 0.15) is 10.8 Å². The van der Waals surface area contributed by atoms with E-state index < -0.39 is 5.91 Å². The average Bonchev–Trinajstić information content (AvgIpc) is 3.36. The molecule has 156 valence electrons. The fourth-order valence-electron chi connectivity index (χ4n) is 3.36. The fraction of sp³-hybridized carbons (Fsp3) is 0.316. The van der Waals surface area contributed by atoms with Gasteiger partial charge in [-0.3, -0.25) is 9.59 Å². The number of tetrazole rings is 1. The second kappa shape index (κ2) is 8.84. The minimum Gasteiger partial charge on any atom is -0.497 e. The predicted molar refractivity (Wildman–Crippen MR) is 115 cm³/mol. The molecular weight excluding hydrogens is 424 g/mol. The lowest BCUT2D eigenvalue weighted by molar-refractivity contribution is -0.113. The molecule has 0 radical (unpaired) electrons. The molecule has 0 bridgehead atoms. The lowest BCUT2D eigenvalue weighted by Crippen LogP contribution is -2.19. The molecule has 1 aliphatic carbocycles. The first-order chi connectivity index (χ1) is 14.6. The summed E-state index contributed by atoms with van der Waals surface area (Å²) < 4.78 is 6.71. The van der Waals surface area contributed by atoms with Crippen molar-refractivity contribution in [3.05, 3.63) is 40.3 Å². The van der Waals surface area contributed by atoms with Crippen LogP contribution in [0, 0.1) is 0 Å². The number of rotatable bonds is 7. The van der Waals surface area contributed by atoms with E-state index in [-0.39, 0.29) is 11.7 Å². The van der Waals surface area contributed by atoms with E-state index in [1.807, 2.05) is 24.3 Å². The molecule has 0 saturated carbocycles. The van der Waals surface area contributed by atoms with Crippen LogP contribution in [0.1, 0.15) is 33.6 Å². The minimum atomic E-state index is -0.499. The molecule has 2 heterocycles. The molecule has 3 N–H and O–H groups in total. The summed E-state index contributed by atoms with van der Waals surface area (Å²) >= 11 is 2.65. The number of carbonyl (C=O) groups is 2. The average molecular weight is 445 g/mol. The first kappa shape index (κ1) is 20.4. The van der Waals surface area contributed by atoms with Gasteiger partial charge in [-0.15, -0.1) is 16.4 Å². The van der Waals surface area contributed by atoms with Gasteiger partial charge in [-0.2, -0.15) is 4.68 Å². The topological polar surface area (TPSA) is 125 Å². The van der Waals surface area contributed by atoms with E-state index in [1.165, 1.54) is 23.1 Å². The van der Waals surface area contributed by atoms with Crippen LogP contribution >= 0.6 is 23.1 Å². The van der Waals surface area contributed by atoms with Crippen molar-refractivity contribution >= 4 is 39.9 Å². The van der Waals surface area contributed by atoms with E-state index >= 15 is 0 Å². The number of nitrogens with two attached hydrogens (primary N) is 1. The van der Waals surface area contributed by atoms with Crippen LogP contribution in [0.3, 0.4) is 0 Å². The number of nitrogens with one attached hydrogen (secondary N) is 1. The molecule has 4 rings (SSSR count). The van der Waals surface area contributed by atoms with Crippen molar-refractivity contribution in [3.63, 3.8) is 0 Å². The van der Waals surface area contributed by atoms with Crippen molar-refractivity contribution in [1.29, 1.82) is 0 Å². The summed E-state index contributed by atoms with van der Waals surface area (Å²) in [6, 6.07) is 7.27. The van der Waals surface area contributed by atoms with E-state index in [1.54, 1.807) is 11.8 Å². The van der Waals surface area contributed by atoms with Gasteiger partial charge in [0, 0.05) is 4.88 Å². The van der Waals surface area contributed by atoms with E-state index in [0.717, 1.165) is 47.6 Å². The molecule has 11 heteroatoms. The lowest BCUT2D eigenvalue weighted by atomic mass is 9.95. The molecule has 2 aromatic heterocycles. The van der Waals surface area contributed by atoms with E-state index in [9.17, 15) is 9.59 Å². The van der Waals surface area contributed by atoms with Gasteiger partial charge in [-0.05, 0) is 65.9 Å². The van der Waals surface area contributed by atoms with Crippen molar-refractivity contribution in [2.24, 2.45) is 5.73 Å². The molecule has 0 unspecified atom stereocenters. The van der Waals surface area contributed by atoms with Gasteiger partial charge < -0.3 is 15.8 Å². The number of primary amides is 1. The van der Waals surface area contributed by atoms with Crippen LogP contribution in [-0.4, -0.2) is 44.9 Å². The van der Waals surface area contributed by atoms with E-state index in [0.29, 0.717) is 15.7 Å². The largest absolute Gasteiger partial charge is 0.497 e. The van der Waals surface area contributed by atoms with Crippen molar-refractivity contribution in [2.45, 2.75) is 30.8 Å². The highest BCUT2D eigenvalue weighted by Crippen LogP contribution is 2.38. The Morgan fingerprint density at radius 1 is 1.27 bits per heavy atom. The molecule has 2 amide bonds. The number of fused-ring (bicyclic) bond motifs is 1. The van der Waals surface area contributed by atoms with Crippen LogP contribution in [0.4, 0.5) is 5.00 Å². The van der Waals surface area contributed by atoms with Crippen LogP contribution in [0.5, 0.6) is 5.75 Å². The number of anilines is 1. The summed E-state index contributed by atoms with van der Waals surface area (Å²) in [5.41, 5.74) is 7.79. The first-order valence-corrected chi connectivity index (χ1v) is 11.2. The summed E-state index contributed by atoms with van der Waals surface area (Å²) in [6.45, 7) is 0. The number of thioether (sulfide) groups is 1. The number of nitrogens with zero attached hydrogens (tertiary/aromatic N) is 4. The van der Waals surface area contributed by atoms with Crippen LogP contribution in [0.25, 0.3) is 5.69 Å². The Labute approximate surface area is 181 Å². The third kappa shape index (κ3) is 4.17. The Morgan fingerprint density at radius 3 is 2.77 bits per heavy atom. The van der Waals surface area contributed by atoms with Crippen LogP contribution < -0.4 is 15.8 Å². The number of aryl methyl sites for hydroxylation is 1. The molecule has 0 fully saturated rings. The van der Waals surface area contributed by atoms with E-state index in [2.05, 4.69) is 20.8 Å². The highest BCUT2D eigenvalue weighted by Gasteiger charge is 2.25.